The molecule has 8 aliphatic rings. The summed E-state index contributed by atoms with van der Waals surface area (Å²) in [4.78, 5) is 31.6. The van der Waals surface area contributed by atoms with E-state index in [4.69, 9.17) is 32.7 Å². The lowest BCUT2D eigenvalue weighted by Gasteiger charge is -2.50. The fraction of sp³-hybridized carbons (Fsp3) is 0.658. The molecule has 12 atom stereocenters. The Bertz CT molecular complexity index is 4030. The predicted octanol–water partition coefficient (Wildman–Crippen LogP) is 11.8. The van der Waals surface area contributed by atoms with Gasteiger partial charge in [0, 0.05) is 83.4 Å². The number of anilines is 2. The maximum Gasteiger partial charge on any atom is 0.264 e. The van der Waals surface area contributed by atoms with Crippen LogP contribution in [-0.2, 0) is 63.8 Å². The SMILES string of the molecule is C[C@@H]1[C@@H](C)CCC[C@@](O)(CS(=O)(=O)N(C)C(C)(C)C)[C@@H]2CC[C@H]2CN2C[C@@]3(CCCc4cc(Cl)ccc43)COc3ccc(cc32)C(=O)NS1(=O)=O.C[C@@H]1[C@@H](C)CCC[C@](O)(CS(=O)(=O)N(C)C(C)(C)C)[C@@H]2CC[C@H]2CN2C[C@@]3(CCCc4cc(Cl)ccc43)COc3ccc(cc32)C(=O)NS1(=O)=O. The average Bonchev–Trinajstić information content (AvgIpc) is 1.40. The van der Waals surface area contributed by atoms with Crippen LogP contribution < -0.4 is 28.7 Å². The van der Waals surface area contributed by atoms with E-state index in [1.165, 1.54) is 30.9 Å². The molecule has 0 aromatic heterocycles. The van der Waals surface area contributed by atoms with Crippen molar-refractivity contribution < 1.29 is 62.9 Å². The number of hydrogen-bond donors (Lipinski definition) is 4. The molecule has 4 aromatic carbocycles. The molecule has 20 nitrogen and oxygen atoms in total. The van der Waals surface area contributed by atoms with Gasteiger partial charge in [0.05, 0.1) is 57.8 Å². The van der Waals surface area contributed by atoms with Crippen LogP contribution in [0.25, 0.3) is 0 Å². The van der Waals surface area contributed by atoms with Crippen LogP contribution in [0.5, 0.6) is 11.5 Å². The Morgan fingerprint density at radius 3 is 1.25 bits per heavy atom. The smallest absolute Gasteiger partial charge is 0.264 e. The van der Waals surface area contributed by atoms with E-state index in [0.717, 1.165) is 51.4 Å². The third-order valence-corrected chi connectivity index (χ3v) is 33.7. The molecule has 2 spiro atoms. The predicted molar refractivity (Wildman–Crippen MR) is 403 cm³/mol. The minimum absolute atomic E-state index is 0.0245. The molecule has 2 fully saturated rings. The second kappa shape index (κ2) is 29.1. The topological polar surface area (TPSA) is 267 Å². The van der Waals surface area contributed by atoms with Gasteiger partial charge in [-0.15, -0.1) is 0 Å². The number of aryl methyl sites for hydroxylation is 2. The highest BCUT2D eigenvalue weighted by molar-refractivity contribution is 7.91. The maximum atomic E-state index is 13.9. The van der Waals surface area contributed by atoms with Crippen molar-refractivity contribution in [1.82, 2.24) is 18.1 Å². The molecule has 4 aromatic rings. The summed E-state index contributed by atoms with van der Waals surface area (Å²) < 4.78 is 130. The molecule has 4 heterocycles. The van der Waals surface area contributed by atoms with E-state index in [0.29, 0.717) is 111 Å². The fourth-order valence-electron chi connectivity index (χ4n) is 17.6. The number of benzene rings is 4. The van der Waals surface area contributed by atoms with E-state index in [-0.39, 0.29) is 70.3 Å². The van der Waals surface area contributed by atoms with Crippen molar-refractivity contribution in [3.63, 3.8) is 0 Å². The molecule has 26 heteroatoms. The first-order chi connectivity index (χ1) is 47.5. The lowest BCUT2D eigenvalue weighted by atomic mass is 9.63. The minimum Gasteiger partial charge on any atom is -0.490 e. The number of aliphatic hydroxyl groups is 2. The van der Waals surface area contributed by atoms with Crippen LogP contribution in [0.2, 0.25) is 10.0 Å². The van der Waals surface area contributed by atoms with Gasteiger partial charge in [0.25, 0.3) is 11.8 Å². The molecule has 2 saturated carbocycles. The Kier molecular flexibility index (Phi) is 22.3. The minimum atomic E-state index is -4.05. The van der Waals surface area contributed by atoms with Crippen LogP contribution in [0.3, 0.4) is 0 Å². The zero-order chi connectivity index (χ0) is 74.3. The van der Waals surface area contributed by atoms with Crippen molar-refractivity contribution in [1.29, 1.82) is 0 Å². The van der Waals surface area contributed by atoms with Gasteiger partial charge in [-0.25, -0.2) is 43.1 Å². The molecule has 12 rings (SSSR count). The average molecular weight is 1530 g/mol. The van der Waals surface area contributed by atoms with E-state index in [1.807, 2.05) is 79.7 Å². The number of rotatable bonds is 6. The molecule has 4 N–H and O–H groups in total. The van der Waals surface area contributed by atoms with Gasteiger partial charge in [-0.3, -0.25) is 9.59 Å². The Hall–Kier alpha value is -4.76. The number of carbonyl (C=O) groups is 2. The number of hydrogen-bond acceptors (Lipinski definition) is 16. The number of fused-ring (bicyclic) bond motifs is 8. The molecule has 0 unspecified atom stereocenters. The maximum absolute atomic E-state index is 13.9. The van der Waals surface area contributed by atoms with Crippen molar-refractivity contribution in [2.24, 2.45) is 35.5 Å². The number of halogens is 2. The first-order valence-electron chi connectivity index (χ1n) is 36.6. The molecule has 4 aliphatic heterocycles. The number of nitrogens with zero attached hydrogens (tertiary/aromatic N) is 4. The van der Waals surface area contributed by atoms with Gasteiger partial charge in [0.1, 0.15) is 11.5 Å². The Labute approximate surface area is 616 Å². The van der Waals surface area contributed by atoms with Crippen LogP contribution in [0, 0.1) is 35.5 Å². The molecule has 4 aliphatic carbocycles. The zero-order valence-electron chi connectivity index (χ0n) is 61.5. The first-order valence-corrected chi connectivity index (χ1v) is 43.7. The van der Waals surface area contributed by atoms with Gasteiger partial charge in [-0.1, -0.05) is 62.0 Å². The summed E-state index contributed by atoms with van der Waals surface area (Å²) in [6, 6.07) is 22.2. The van der Waals surface area contributed by atoms with Crippen LogP contribution in [0.15, 0.2) is 72.8 Å². The van der Waals surface area contributed by atoms with Crippen LogP contribution >= 0.6 is 23.2 Å². The van der Waals surface area contributed by atoms with Crippen molar-refractivity contribution >= 4 is 86.5 Å². The summed E-state index contributed by atoms with van der Waals surface area (Å²) in [5.74, 6) is -2.34. The Morgan fingerprint density at radius 1 is 0.539 bits per heavy atom. The number of nitrogens with one attached hydrogen (secondary N) is 2. The highest BCUT2D eigenvalue weighted by Gasteiger charge is 2.54. The Balaban J connectivity index is 0.000000205. The monoisotopic (exact) mass is 1530 g/mol. The second-order valence-electron chi connectivity index (χ2n) is 33.6. The molecule has 2 amide bonds. The van der Waals surface area contributed by atoms with E-state index >= 15 is 0 Å². The summed E-state index contributed by atoms with van der Waals surface area (Å²) in [5.41, 5.74) is 1.38. The first kappa shape index (κ1) is 78.3. The largest absolute Gasteiger partial charge is 0.490 e. The summed E-state index contributed by atoms with van der Waals surface area (Å²) in [7, 11) is -12.7. The molecular weight excluding hydrogens is 1420 g/mol. The van der Waals surface area contributed by atoms with Crippen molar-refractivity contribution in [3.05, 3.63) is 116 Å². The lowest BCUT2D eigenvalue weighted by molar-refractivity contribution is -0.0729. The third-order valence-electron chi connectivity index (χ3n) is 24.9. The number of ether oxygens (including phenoxy) is 2. The van der Waals surface area contributed by atoms with Gasteiger partial charge < -0.3 is 29.5 Å². The molecule has 0 radical (unpaired) electrons. The number of carbonyl (C=O) groups excluding carboxylic acids is 2. The molecule has 4 bridgehead atoms. The van der Waals surface area contributed by atoms with Crippen LogP contribution in [0.1, 0.15) is 202 Å². The molecule has 564 valence electrons. The summed E-state index contributed by atoms with van der Waals surface area (Å²) in [6.07, 6.45) is 10.7. The van der Waals surface area contributed by atoms with E-state index in [9.17, 15) is 53.5 Å². The lowest BCUT2D eigenvalue weighted by Crippen LogP contribution is -2.57. The summed E-state index contributed by atoms with van der Waals surface area (Å²) in [5, 5.41) is 24.8. The normalized spacial score (nSPS) is 31.5. The van der Waals surface area contributed by atoms with Crippen molar-refractivity contribution in [2.75, 3.05) is 74.8 Å². The summed E-state index contributed by atoms with van der Waals surface area (Å²) in [6.45, 7) is 20.8. The second-order valence-corrected chi connectivity index (χ2v) is 42.5. The van der Waals surface area contributed by atoms with Gasteiger partial charge in [0.2, 0.25) is 40.1 Å². The van der Waals surface area contributed by atoms with Crippen molar-refractivity contribution in [3.8, 4) is 11.5 Å². The van der Waals surface area contributed by atoms with Crippen LogP contribution in [-0.4, -0.2) is 162 Å². The zero-order valence-corrected chi connectivity index (χ0v) is 66.3. The quantitative estimate of drug-likeness (QED) is 0.140. The highest BCUT2D eigenvalue weighted by atomic mass is 35.5. The summed E-state index contributed by atoms with van der Waals surface area (Å²) >= 11 is 12.9. The molecule has 0 saturated heterocycles. The van der Waals surface area contributed by atoms with Gasteiger partial charge in [-0.05, 0) is 264 Å². The van der Waals surface area contributed by atoms with Crippen LogP contribution in [0.4, 0.5) is 11.4 Å². The number of sulfonamides is 4. The van der Waals surface area contributed by atoms with Gasteiger partial charge in [-0.2, -0.15) is 8.61 Å². The fourth-order valence-corrected chi connectivity index (χ4v) is 24.6. The Morgan fingerprint density at radius 2 is 0.912 bits per heavy atom. The standard InChI is InChI=1S/2C38H54ClN3O7S2/c2*1-25-9-7-18-38(44,24-50(45,46)41(6)36(3,4)5)32-14-11-29(32)21-42-22-37(17-8-10-27-19-30(39)13-15-31(27)37)23-49-34-16-12-28(20-33(34)42)35(43)40-51(47,48)26(25)2/h2*12-13,15-16,19-20,25-26,29,32,44H,7-11,14,17-18,21-24H2,1-6H3,(H,40,43)/t25-,26+,29-,32+,37-,38+;25-,26+,29-,32+,37-,38-/m00/s1. The van der Waals surface area contributed by atoms with Crippen molar-refractivity contribution in [2.45, 2.75) is 216 Å². The van der Waals surface area contributed by atoms with Gasteiger partial charge >= 0.3 is 0 Å². The third kappa shape index (κ3) is 16.1. The number of amides is 2. The van der Waals surface area contributed by atoms with E-state index in [1.54, 1.807) is 64.3 Å². The molecule has 102 heavy (non-hydrogen) atoms. The van der Waals surface area contributed by atoms with Gasteiger partial charge in [0.15, 0.2) is 0 Å². The molecular formula is C76H108Cl2N6O14S4. The van der Waals surface area contributed by atoms with E-state index < -0.39 is 96.2 Å². The highest BCUT2D eigenvalue weighted by Crippen LogP contribution is 2.53. The van der Waals surface area contributed by atoms with E-state index in [2.05, 4.69) is 31.4 Å².